The minimum atomic E-state index is -0.843. The zero-order valence-corrected chi connectivity index (χ0v) is 19.2. The molecular formula is C26H26N4O5. The predicted octanol–water partition coefficient (Wildman–Crippen LogP) is 3.05. The van der Waals surface area contributed by atoms with Gasteiger partial charge in [0.15, 0.2) is 0 Å². The summed E-state index contributed by atoms with van der Waals surface area (Å²) in [5.74, 6) is -1.63. The van der Waals surface area contributed by atoms with E-state index in [1.54, 1.807) is 7.05 Å². The SMILES string of the molecule is Cn1ncc(C(=O)NC2CC(C(=O)O)C2)c1CNC(=O)OCC1c2ccccc2-c2ccccc21. The van der Waals surface area contributed by atoms with Crippen LogP contribution in [0.3, 0.4) is 0 Å². The van der Waals surface area contributed by atoms with Crippen molar-refractivity contribution in [1.29, 1.82) is 0 Å². The maximum absolute atomic E-state index is 12.7. The summed E-state index contributed by atoms with van der Waals surface area (Å²) >= 11 is 0. The van der Waals surface area contributed by atoms with Crippen molar-refractivity contribution in [3.63, 3.8) is 0 Å². The number of aryl methyl sites for hydroxylation is 1. The Labute approximate surface area is 202 Å². The number of carboxylic acid groups (broad SMARTS) is 1. The number of ether oxygens (including phenoxy) is 1. The number of aromatic nitrogens is 2. The number of hydrogen-bond acceptors (Lipinski definition) is 5. The Bertz CT molecular complexity index is 1250. The second-order valence-electron chi connectivity index (χ2n) is 8.98. The molecule has 2 amide bonds. The summed E-state index contributed by atoms with van der Waals surface area (Å²) in [4.78, 5) is 36.2. The summed E-state index contributed by atoms with van der Waals surface area (Å²) in [6.07, 6.45) is 1.68. The first-order chi connectivity index (χ1) is 16.9. The number of nitrogens with one attached hydrogen (secondary N) is 2. The fourth-order valence-corrected chi connectivity index (χ4v) is 4.87. The summed E-state index contributed by atoms with van der Waals surface area (Å²) in [5, 5.41) is 18.7. The number of fused-ring (bicyclic) bond motifs is 3. The third-order valence-electron chi connectivity index (χ3n) is 6.87. The molecule has 0 bridgehead atoms. The van der Waals surface area contributed by atoms with Gasteiger partial charge in [-0.15, -0.1) is 0 Å². The molecule has 1 heterocycles. The second-order valence-corrected chi connectivity index (χ2v) is 8.98. The minimum absolute atomic E-state index is 0.0386. The Balaban J connectivity index is 1.18. The van der Waals surface area contributed by atoms with Gasteiger partial charge in [-0.1, -0.05) is 48.5 Å². The van der Waals surface area contributed by atoms with E-state index in [-0.39, 0.29) is 31.0 Å². The lowest BCUT2D eigenvalue weighted by atomic mass is 9.80. The molecule has 5 rings (SSSR count). The van der Waals surface area contributed by atoms with Gasteiger partial charge in [0, 0.05) is 19.0 Å². The number of nitrogens with zero attached hydrogens (tertiary/aromatic N) is 2. The van der Waals surface area contributed by atoms with Gasteiger partial charge in [-0.05, 0) is 35.1 Å². The van der Waals surface area contributed by atoms with Crippen LogP contribution in [0.2, 0.25) is 0 Å². The van der Waals surface area contributed by atoms with E-state index in [2.05, 4.69) is 40.0 Å². The quantitative estimate of drug-likeness (QED) is 0.484. The van der Waals surface area contributed by atoms with E-state index in [4.69, 9.17) is 9.84 Å². The Morgan fingerprint density at radius 2 is 1.69 bits per heavy atom. The highest BCUT2D eigenvalue weighted by Crippen LogP contribution is 2.44. The number of carboxylic acids is 1. The molecule has 0 spiro atoms. The van der Waals surface area contributed by atoms with Crippen LogP contribution in [0, 0.1) is 5.92 Å². The first kappa shape index (κ1) is 22.6. The minimum Gasteiger partial charge on any atom is -0.481 e. The molecule has 1 fully saturated rings. The molecule has 35 heavy (non-hydrogen) atoms. The number of benzene rings is 2. The van der Waals surface area contributed by atoms with Crippen molar-refractivity contribution in [3.05, 3.63) is 77.1 Å². The smallest absolute Gasteiger partial charge is 0.407 e. The molecule has 0 radical (unpaired) electrons. The third kappa shape index (κ3) is 4.37. The van der Waals surface area contributed by atoms with Crippen LogP contribution < -0.4 is 10.6 Å². The van der Waals surface area contributed by atoms with E-state index in [0.717, 1.165) is 22.3 Å². The molecule has 2 aromatic carbocycles. The number of amides is 2. The zero-order valence-electron chi connectivity index (χ0n) is 19.2. The van der Waals surface area contributed by atoms with Crippen molar-refractivity contribution < 1.29 is 24.2 Å². The van der Waals surface area contributed by atoms with Crippen molar-refractivity contribution in [2.24, 2.45) is 13.0 Å². The lowest BCUT2D eigenvalue weighted by molar-refractivity contribution is -0.145. The standard InChI is InChI=1S/C26H26N4O5/c1-30-23(21(12-28-30)24(31)29-16-10-15(11-16)25(32)33)13-27-26(34)35-14-22-19-8-4-2-6-17(19)18-7-3-5-9-20(18)22/h2-9,12,15-16,22H,10-11,13-14H2,1H3,(H,27,34)(H,29,31)(H,32,33). The van der Waals surface area contributed by atoms with Crippen LogP contribution in [0.1, 0.15) is 45.9 Å². The van der Waals surface area contributed by atoms with Gasteiger partial charge < -0.3 is 20.5 Å². The summed E-state index contributed by atoms with van der Waals surface area (Å²) in [6, 6.07) is 16.1. The summed E-state index contributed by atoms with van der Waals surface area (Å²) in [5.41, 5.74) is 5.45. The fraction of sp³-hybridized carbons (Fsp3) is 0.308. The number of carbonyl (C=O) groups is 3. The van der Waals surface area contributed by atoms with Crippen LogP contribution in [0.4, 0.5) is 4.79 Å². The van der Waals surface area contributed by atoms with Crippen LogP contribution in [0.5, 0.6) is 0 Å². The molecule has 3 N–H and O–H groups in total. The van der Waals surface area contributed by atoms with Crippen molar-refractivity contribution in [2.75, 3.05) is 6.61 Å². The molecule has 3 aromatic rings. The zero-order chi connectivity index (χ0) is 24.5. The Morgan fingerprint density at radius 1 is 1.06 bits per heavy atom. The van der Waals surface area contributed by atoms with Crippen LogP contribution in [-0.4, -0.2) is 45.5 Å². The lowest BCUT2D eigenvalue weighted by Crippen LogP contribution is -2.46. The monoisotopic (exact) mass is 474 g/mol. The molecular weight excluding hydrogens is 448 g/mol. The van der Waals surface area contributed by atoms with Gasteiger partial charge in [0.25, 0.3) is 5.91 Å². The lowest BCUT2D eigenvalue weighted by Gasteiger charge is -2.32. The number of aliphatic carboxylic acids is 1. The Morgan fingerprint density at radius 3 is 2.31 bits per heavy atom. The average molecular weight is 475 g/mol. The van der Waals surface area contributed by atoms with Crippen molar-refractivity contribution >= 4 is 18.0 Å². The van der Waals surface area contributed by atoms with Crippen molar-refractivity contribution in [3.8, 4) is 11.1 Å². The highest BCUT2D eigenvalue weighted by molar-refractivity contribution is 5.95. The van der Waals surface area contributed by atoms with Gasteiger partial charge >= 0.3 is 12.1 Å². The molecule has 9 heteroatoms. The van der Waals surface area contributed by atoms with E-state index < -0.39 is 18.0 Å². The van der Waals surface area contributed by atoms with Gasteiger partial charge in [0.05, 0.1) is 29.9 Å². The van der Waals surface area contributed by atoms with Crippen LogP contribution in [0.15, 0.2) is 54.7 Å². The molecule has 0 unspecified atom stereocenters. The average Bonchev–Trinajstić information content (AvgIpc) is 3.35. The fourth-order valence-electron chi connectivity index (χ4n) is 4.87. The third-order valence-corrected chi connectivity index (χ3v) is 6.87. The molecule has 1 aromatic heterocycles. The summed E-state index contributed by atoms with van der Waals surface area (Å²) in [6.45, 7) is 0.267. The molecule has 180 valence electrons. The molecule has 2 aliphatic carbocycles. The number of rotatable bonds is 7. The molecule has 0 atom stereocenters. The largest absolute Gasteiger partial charge is 0.481 e. The van der Waals surface area contributed by atoms with Crippen LogP contribution in [-0.2, 0) is 23.1 Å². The normalized spacial score (nSPS) is 18.2. The first-order valence-electron chi connectivity index (χ1n) is 11.6. The number of hydrogen-bond donors (Lipinski definition) is 3. The topological polar surface area (TPSA) is 123 Å². The molecule has 9 nitrogen and oxygen atoms in total. The van der Waals surface area contributed by atoms with E-state index in [1.165, 1.54) is 10.9 Å². The Hall–Kier alpha value is -4.14. The molecule has 0 saturated heterocycles. The van der Waals surface area contributed by atoms with Gasteiger partial charge in [-0.2, -0.15) is 5.10 Å². The molecule has 2 aliphatic rings. The number of alkyl carbamates (subject to hydrolysis) is 1. The summed E-state index contributed by atoms with van der Waals surface area (Å²) in [7, 11) is 1.69. The maximum Gasteiger partial charge on any atom is 0.407 e. The van der Waals surface area contributed by atoms with E-state index in [1.807, 2.05) is 24.3 Å². The van der Waals surface area contributed by atoms with Gasteiger partial charge in [-0.3, -0.25) is 14.3 Å². The van der Waals surface area contributed by atoms with Gasteiger partial charge in [-0.25, -0.2) is 4.79 Å². The van der Waals surface area contributed by atoms with Gasteiger partial charge in [0.1, 0.15) is 6.61 Å². The highest BCUT2D eigenvalue weighted by atomic mass is 16.5. The van der Waals surface area contributed by atoms with Crippen LogP contribution in [0.25, 0.3) is 11.1 Å². The van der Waals surface area contributed by atoms with E-state index in [0.29, 0.717) is 24.1 Å². The molecule has 1 saturated carbocycles. The van der Waals surface area contributed by atoms with Crippen molar-refractivity contribution in [1.82, 2.24) is 20.4 Å². The van der Waals surface area contributed by atoms with Crippen LogP contribution >= 0.6 is 0 Å². The Kier molecular flexibility index (Phi) is 5.98. The number of carbonyl (C=O) groups excluding carboxylic acids is 2. The predicted molar refractivity (Wildman–Crippen MR) is 127 cm³/mol. The first-order valence-corrected chi connectivity index (χ1v) is 11.6. The molecule has 0 aliphatic heterocycles. The van der Waals surface area contributed by atoms with E-state index >= 15 is 0 Å². The summed E-state index contributed by atoms with van der Waals surface area (Å²) < 4.78 is 7.09. The second kappa shape index (κ2) is 9.25. The highest BCUT2D eigenvalue weighted by Gasteiger charge is 2.36. The van der Waals surface area contributed by atoms with E-state index in [9.17, 15) is 14.4 Å². The maximum atomic E-state index is 12.7. The van der Waals surface area contributed by atoms with Crippen molar-refractivity contribution in [2.45, 2.75) is 31.3 Å². The van der Waals surface area contributed by atoms with Gasteiger partial charge in [0.2, 0.25) is 0 Å².